The van der Waals surface area contributed by atoms with E-state index in [1.807, 2.05) is 6.07 Å². The number of carbonyl (C=O) groups excluding carboxylic acids is 1. The van der Waals surface area contributed by atoms with Crippen molar-refractivity contribution in [1.82, 2.24) is 0 Å². The Morgan fingerprint density at radius 1 is 1.35 bits per heavy atom. The number of hydrogen-bond donors (Lipinski definition) is 0. The molecule has 0 N–H and O–H groups in total. The van der Waals surface area contributed by atoms with Crippen LogP contribution in [0.3, 0.4) is 0 Å². The van der Waals surface area contributed by atoms with Crippen LogP contribution in [-0.4, -0.2) is 13.4 Å². The lowest BCUT2D eigenvalue weighted by molar-refractivity contribution is -0.105. The fraction of sp³-hybridized carbons (Fsp3) is 0.400. The van der Waals surface area contributed by atoms with Gasteiger partial charge in [0.05, 0.1) is 7.11 Å². The van der Waals surface area contributed by atoms with Crippen molar-refractivity contribution >= 4 is 11.9 Å². The van der Waals surface area contributed by atoms with E-state index in [9.17, 15) is 4.79 Å². The van der Waals surface area contributed by atoms with Crippen LogP contribution in [0.5, 0.6) is 5.75 Å². The van der Waals surface area contributed by atoms with Crippen LogP contribution in [0.1, 0.15) is 37.3 Å². The van der Waals surface area contributed by atoms with E-state index >= 15 is 0 Å². The lowest BCUT2D eigenvalue weighted by Gasteiger charge is -2.21. The third-order valence-electron chi connectivity index (χ3n) is 3.33. The van der Waals surface area contributed by atoms with Crippen LogP contribution in [0, 0.1) is 0 Å². The van der Waals surface area contributed by atoms with Gasteiger partial charge in [0.25, 0.3) is 0 Å². The van der Waals surface area contributed by atoms with E-state index in [1.54, 1.807) is 7.11 Å². The van der Waals surface area contributed by atoms with Crippen LogP contribution < -0.4 is 4.74 Å². The van der Waals surface area contributed by atoms with Gasteiger partial charge < -0.3 is 4.74 Å². The molecule has 0 atom stereocenters. The smallest absolute Gasteiger partial charge is 0.146 e. The standard InChI is InChI=1S/C15H18O2/c1-3-4-14-12(10-16)6-5-11-9-13(17-2)7-8-15(11)14/h7-10H,3-6H2,1-2H3. The lowest BCUT2D eigenvalue weighted by atomic mass is 9.84. The van der Waals surface area contributed by atoms with E-state index < -0.39 is 0 Å². The number of rotatable bonds is 4. The van der Waals surface area contributed by atoms with Crippen molar-refractivity contribution in [3.05, 3.63) is 34.9 Å². The number of ether oxygens (including phenoxy) is 1. The summed E-state index contributed by atoms with van der Waals surface area (Å²) in [7, 11) is 1.68. The Balaban J connectivity index is 2.48. The molecule has 0 unspecified atom stereocenters. The van der Waals surface area contributed by atoms with Crippen molar-refractivity contribution in [1.29, 1.82) is 0 Å². The summed E-state index contributed by atoms with van der Waals surface area (Å²) >= 11 is 0. The number of aldehydes is 1. The molecular weight excluding hydrogens is 212 g/mol. The Morgan fingerprint density at radius 2 is 2.18 bits per heavy atom. The zero-order chi connectivity index (χ0) is 12.3. The lowest BCUT2D eigenvalue weighted by Crippen LogP contribution is -2.06. The average molecular weight is 230 g/mol. The largest absolute Gasteiger partial charge is 0.497 e. The van der Waals surface area contributed by atoms with Gasteiger partial charge in [0, 0.05) is 0 Å². The van der Waals surface area contributed by atoms with Crippen molar-refractivity contribution in [3.8, 4) is 5.75 Å². The van der Waals surface area contributed by atoms with Gasteiger partial charge in [-0.15, -0.1) is 0 Å². The highest BCUT2D eigenvalue weighted by molar-refractivity contribution is 5.90. The molecule has 2 heteroatoms. The number of hydrogen-bond acceptors (Lipinski definition) is 2. The van der Waals surface area contributed by atoms with E-state index in [1.165, 1.54) is 16.7 Å². The number of aryl methyl sites for hydroxylation is 1. The Morgan fingerprint density at radius 3 is 2.82 bits per heavy atom. The molecule has 90 valence electrons. The van der Waals surface area contributed by atoms with Gasteiger partial charge in [-0.1, -0.05) is 19.4 Å². The molecule has 1 aromatic rings. The van der Waals surface area contributed by atoms with Gasteiger partial charge in [-0.25, -0.2) is 0 Å². The molecule has 0 aliphatic heterocycles. The van der Waals surface area contributed by atoms with E-state index in [4.69, 9.17) is 4.74 Å². The van der Waals surface area contributed by atoms with E-state index in [0.29, 0.717) is 0 Å². The summed E-state index contributed by atoms with van der Waals surface area (Å²) in [5.74, 6) is 0.897. The maximum absolute atomic E-state index is 11.1. The van der Waals surface area contributed by atoms with Crippen molar-refractivity contribution in [2.75, 3.05) is 7.11 Å². The van der Waals surface area contributed by atoms with Gasteiger partial charge in [-0.2, -0.15) is 0 Å². The SMILES string of the molecule is CCCC1=C(C=O)CCc2cc(OC)ccc21. The summed E-state index contributed by atoms with van der Waals surface area (Å²) in [6.45, 7) is 2.15. The first-order chi connectivity index (χ1) is 8.30. The molecule has 0 spiro atoms. The molecule has 1 aliphatic carbocycles. The van der Waals surface area contributed by atoms with Gasteiger partial charge in [-0.05, 0) is 53.7 Å². The minimum absolute atomic E-state index is 0.860. The molecular formula is C15H18O2. The first-order valence-corrected chi connectivity index (χ1v) is 6.14. The Labute approximate surface area is 102 Å². The van der Waals surface area contributed by atoms with Gasteiger partial charge in [-0.3, -0.25) is 4.79 Å². The minimum atomic E-state index is 0.860. The normalized spacial score (nSPS) is 14.5. The molecule has 0 fully saturated rings. The second kappa shape index (κ2) is 5.17. The van der Waals surface area contributed by atoms with Crippen molar-refractivity contribution < 1.29 is 9.53 Å². The van der Waals surface area contributed by atoms with Crippen LogP contribution in [0.25, 0.3) is 5.57 Å². The predicted octanol–water partition coefficient (Wildman–Crippen LogP) is 3.39. The fourth-order valence-electron chi connectivity index (χ4n) is 2.47. The highest BCUT2D eigenvalue weighted by Gasteiger charge is 2.18. The number of benzene rings is 1. The fourth-order valence-corrected chi connectivity index (χ4v) is 2.47. The monoisotopic (exact) mass is 230 g/mol. The maximum atomic E-state index is 11.1. The van der Waals surface area contributed by atoms with Crippen LogP contribution in [0.2, 0.25) is 0 Å². The minimum Gasteiger partial charge on any atom is -0.497 e. The van der Waals surface area contributed by atoms with Gasteiger partial charge in [0.2, 0.25) is 0 Å². The molecule has 1 aromatic carbocycles. The molecule has 0 bridgehead atoms. The summed E-state index contributed by atoms with van der Waals surface area (Å²) in [6, 6.07) is 6.15. The van der Waals surface area contributed by atoms with E-state index in [-0.39, 0.29) is 0 Å². The molecule has 0 aromatic heterocycles. The van der Waals surface area contributed by atoms with Gasteiger partial charge in [0.1, 0.15) is 12.0 Å². The zero-order valence-electron chi connectivity index (χ0n) is 10.5. The first kappa shape index (κ1) is 11.9. The molecule has 1 aliphatic rings. The molecule has 0 radical (unpaired) electrons. The summed E-state index contributed by atoms with van der Waals surface area (Å²) in [5.41, 5.74) is 4.75. The highest BCUT2D eigenvalue weighted by Crippen LogP contribution is 2.35. The third-order valence-corrected chi connectivity index (χ3v) is 3.33. The molecule has 17 heavy (non-hydrogen) atoms. The molecule has 0 saturated carbocycles. The summed E-state index contributed by atoms with van der Waals surface area (Å²) < 4.78 is 5.24. The Bertz CT molecular complexity index is 458. The molecule has 2 rings (SSSR count). The number of allylic oxidation sites excluding steroid dienone is 2. The quantitative estimate of drug-likeness (QED) is 0.741. The Kier molecular flexibility index (Phi) is 3.62. The molecule has 0 heterocycles. The number of fused-ring (bicyclic) bond motifs is 1. The topological polar surface area (TPSA) is 26.3 Å². The van der Waals surface area contributed by atoms with Crippen molar-refractivity contribution in [2.24, 2.45) is 0 Å². The summed E-state index contributed by atoms with van der Waals surface area (Å²) in [6.07, 6.45) is 4.87. The highest BCUT2D eigenvalue weighted by atomic mass is 16.5. The molecule has 2 nitrogen and oxygen atoms in total. The summed E-state index contributed by atoms with van der Waals surface area (Å²) in [4.78, 5) is 11.1. The van der Waals surface area contributed by atoms with Gasteiger partial charge >= 0.3 is 0 Å². The van der Waals surface area contributed by atoms with Crippen LogP contribution in [0.15, 0.2) is 23.8 Å². The van der Waals surface area contributed by atoms with E-state index in [2.05, 4.69) is 19.1 Å². The second-order valence-corrected chi connectivity index (χ2v) is 4.39. The van der Waals surface area contributed by atoms with Crippen molar-refractivity contribution in [2.45, 2.75) is 32.6 Å². The van der Waals surface area contributed by atoms with Crippen LogP contribution in [-0.2, 0) is 11.2 Å². The average Bonchev–Trinajstić information content (AvgIpc) is 2.38. The van der Waals surface area contributed by atoms with Crippen LogP contribution >= 0.6 is 0 Å². The van der Waals surface area contributed by atoms with Crippen molar-refractivity contribution in [3.63, 3.8) is 0 Å². The van der Waals surface area contributed by atoms with Gasteiger partial charge in [0.15, 0.2) is 0 Å². The number of carbonyl (C=O) groups is 1. The van der Waals surface area contributed by atoms with Crippen LogP contribution in [0.4, 0.5) is 0 Å². The Hall–Kier alpha value is -1.57. The third kappa shape index (κ3) is 2.26. The maximum Gasteiger partial charge on any atom is 0.146 e. The predicted molar refractivity (Wildman–Crippen MR) is 69.2 cm³/mol. The number of methoxy groups -OCH3 is 1. The first-order valence-electron chi connectivity index (χ1n) is 6.14. The van der Waals surface area contributed by atoms with E-state index in [0.717, 1.165) is 43.3 Å². The molecule has 0 amide bonds. The summed E-state index contributed by atoms with van der Waals surface area (Å²) in [5, 5.41) is 0. The molecule has 0 saturated heterocycles. The second-order valence-electron chi connectivity index (χ2n) is 4.39. The zero-order valence-corrected chi connectivity index (χ0v) is 10.5.